The molecule has 1 amide bonds. The van der Waals surface area contributed by atoms with Crippen molar-refractivity contribution in [2.75, 3.05) is 11.9 Å². The summed E-state index contributed by atoms with van der Waals surface area (Å²) in [6.45, 7) is 7.37. The molecule has 3 unspecified atom stereocenters. The predicted molar refractivity (Wildman–Crippen MR) is 81.8 cm³/mol. The fraction of sp³-hybridized carbons (Fsp3) is 0.625. The molecule has 0 spiro atoms. The van der Waals surface area contributed by atoms with E-state index in [-0.39, 0.29) is 5.91 Å². The van der Waals surface area contributed by atoms with Gasteiger partial charge in [-0.05, 0) is 44.1 Å². The molecule has 1 fully saturated rings. The van der Waals surface area contributed by atoms with Crippen LogP contribution in [-0.2, 0) is 0 Å². The lowest BCUT2D eigenvalue weighted by atomic mass is 9.79. The second kappa shape index (κ2) is 6.73. The highest BCUT2D eigenvalue weighted by atomic mass is 16.1. The lowest BCUT2D eigenvalue weighted by Crippen LogP contribution is -2.40. The Morgan fingerprint density at radius 1 is 1.35 bits per heavy atom. The molecule has 0 bridgehead atoms. The predicted octanol–water partition coefficient (Wildman–Crippen LogP) is 3.07. The van der Waals surface area contributed by atoms with E-state index in [9.17, 15) is 4.79 Å². The van der Waals surface area contributed by atoms with Crippen molar-refractivity contribution in [3.8, 4) is 0 Å². The number of pyridine rings is 1. The standard InChI is InChI=1S/C16H25N3O/c1-4-18-15-10-17-8-7-14(15)16(20)19-13-6-5-11(2)12(3)9-13/h7-8,10-13,18H,4-6,9H2,1-3H3,(H,19,20). The molecule has 0 radical (unpaired) electrons. The van der Waals surface area contributed by atoms with Crippen molar-refractivity contribution in [1.82, 2.24) is 10.3 Å². The van der Waals surface area contributed by atoms with Gasteiger partial charge in [0.1, 0.15) is 0 Å². The molecule has 1 aromatic rings. The third kappa shape index (κ3) is 3.50. The third-order valence-electron chi connectivity index (χ3n) is 4.37. The molecule has 0 saturated heterocycles. The minimum atomic E-state index is 0.00935. The summed E-state index contributed by atoms with van der Waals surface area (Å²) < 4.78 is 0. The third-order valence-corrected chi connectivity index (χ3v) is 4.37. The van der Waals surface area contributed by atoms with Gasteiger partial charge in [0.05, 0.1) is 17.4 Å². The van der Waals surface area contributed by atoms with Crippen LogP contribution in [0.15, 0.2) is 18.5 Å². The number of anilines is 1. The SMILES string of the molecule is CCNc1cnccc1C(=O)NC1CCC(C)C(C)C1. The molecule has 1 heterocycles. The lowest BCUT2D eigenvalue weighted by molar-refractivity contribution is 0.0911. The van der Waals surface area contributed by atoms with Crippen LogP contribution < -0.4 is 10.6 Å². The number of amides is 1. The fourth-order valence-electron chi connectivity index (χ4n) is 2.87. The molecule has 1 aromatic heterocycles. The highest BCUT2D eigenvalue weighted by Crippen LogP contribution is 2.29. The number of nitrogens with zero attached hydrogens (tertiary/aromatic N) is 1. The molecule has 110 valence electrons. The smallest absolute Gasteiger partial charge is 0.253 e. The quantitative estimate of drug-likeness (QED) is 0.888. The molecule has 3 atom stereocenters. The zero-order valence-corrected chi connectivity index (χ0v) is 12.6. The van der Waals surface area contributed by atoms with Gasteiger partial charge in [-0.25, -0.2) is 0 Å². The van der Waals surface area contributed by atoms with Gasteiger partial charge in [0.25, 0.3) is 5.91 Å². The van der Waals surface area contributed by atoms with Crippen LogP contribution in [0.3, 0.4) is 0 Å². The summed E-state index contributed by atoms with van der Waals surface area (Å²) in [5, 5.41) is 6.36. The van der Waals surface area contributed by atoms with Gasteiger partial charge in [0.15, 0.2) is 0 Å². The van der Waals surface area contributed by atoms with Gasteiger partial charge in [-0.3, -0.25) is 9.78 Å². The van der Waals surface area contributed by atoms with Crippen molar-refractivity contribution >= 4 is 11.6 Å². The molecule has 4 heteroatoms. The van der Waals surface area contributed by atoms with Gasteiger partial charge in [-0.15, -0.1) is 0 Å². The van der Waals surface area contributed by atoms with Crippen LogP contribution in [0.2, 0.25) is 0 Å². The van der Waals surface area contributed by atoms with E-state index < -0.39 is 0 Å². The van der Waals surface area contributed by atoms with Gasteiger partial charge in [-0.1, -0.05) is 13.8 Å². The number of carbonyl (C=O) groups is 1. The summed E-state index contributed by atoms with van der Waals surface area (Å²) in [6.07, 6.45) is 6.74. The fourth-order valence-corrected chi connectivity index (χ4v) is 2.87. The maximum absolute atomic E-state index is 12.4. The zero-order chi connectivity index (χ0) is 14.5. The van der Waals surface area contributed by atoms with Crippen LogP contribution >= 0.6 is 0 Å². The van der Waals surface area contributed by atoms with E-state index in [2.05, 4.69) is 29.5 Å². The Morgan fingerprint density at radius 2 is 2.15 bits per heavy atom. The number of carbonyl (C=O) groups excluding carboxylic acids is 1. The molecular formula is C16H25N3O. The van der Waals surface area contributed by atoms with Crippen LogP contribution in [0.4, 0.5) is 5.69 Å². The van der Waals surface area contributed by atoms with Gasteiger partial charge in [0.2, 0.25) is 0 Å². The first-order valence-corrected chi connectivity index (χ1v) is 7.60. The Morgan fingerprint density at radius 3 is 2.85 bits per heavy atom. The summed E-state index contributed by atoms with van der Waals surface area (Å²) in [7, 11) is 0. The van der Waals surface area contributed by atoms with Crippen molar-refractivity contribution in [3.63, 3.8) is 0 Å². The highest BCUT2D eigenvalue weighted by molar-refractivity contribution is 5.99. The second-order valence-electron chi connectivity index (χ2n) is 5.89. The van der Waals surface area contributed by atoms with E-state index in [1.807, 2.05) is 6.92 Å². The maximum atomic E-state index is 12.4. The second-order valence-corrected chi connectivity index (χ2v) is 5.89. The van der Waals surface area contributed by atoms with E-state index in [0.717, 1.165) is 31.0 Å². The Kier molecular flexibility index (Phi) is 4.99. The summed E-state index contributed by atoms with van der Waals surface area (Å²) in [5.41, 5.74) is 1.50. The average molecular weight is 275 g/mol. The minimum Gasteiger partial charge on any atom is -0.383 e. The topological polar surface area (TPSA) is 54.0 Å². The summed E-state index contributed by atoms with van der Waals surface area (Å²) in [5.74, 6) is 1.45. The molecule has 1 saturated carbocycles. The Balaban J connectivity index is 2.01. The van der Waals surface area contributed by atoms with Gasteiger partial charge in [0, 0.05) is 18.8 Å². The molecular weight excluding hydrogens is 250 g/mol. The van der Waals surface area contributed by atoms with E-state index >= 15 is 0 Å². The summed E-state index contributed by atoms with van der Waals surface area (Å²) in [6, 6.07) is 2.08. The van der Waals surface area contributed by atoms with E-state index in [0.29, 0.717) is 17.5 Å². The molecule has 0 aliphatic heterocycles. The first-order chi connectivity index (χ1) is 9.61. The molecule has 0 aromatic carbocycles. The van der Waals surface area contributed by atoms with Gasteiger partial charge in [-0.2, -0.15) is 0 Å². The van der Waals surface area contributed by atoms with Gasteiger partial charge >= 0.3 is 0 Å². The minimum absolute atomic E-state index is 0.00935. The van der Waals surface area contributed by atoms with Crippen LogP contribution in [0, 0.1) is 11.8 Å². The Labute approximate surface area is 121 Å². The number of rotatable bonds is 4. The molecule has 1 aliphatic rings. The van der Waals surface area contributed by atoms with Crippen molar-refractivity contribution in [1.29, 1.82) is 0 Å². The number of hydrogen-bond donors (Lipinski definition) is 2. The summed E-state index contributed by atoms with van der Waals surface area (Å²) in [4.78, 5) is 16.5. The first kappa shape index (κ1) is 14.8. The zero-order valence-electron chi connectivity index (χ0n) is 12.6. The average Bonchev–Trinajstić information content (AvgIpc) is 2.44. The van der Waals surface area contributed by atoms with Crippen LogP contribution in [0.1, 0.15) is 50.4 Å². The molecule has 4 nitrogen and oxygen atoms in total. The van der Waals surface area contributed by atoms with Crippen molar-refractivity contribution in [2.24, 2.45) is 11.8 Å². The number of hydrogen-bond acceptors (Lipinski definition) is 3. The Bertz CT molecular complexity index is 461. The first-order valence-electron chi connectivity index (χ1n) is 7.60. The van der Waals surface area contributed by atoms with E-state index in [4.69, 9.17) is 0 Å². The summed E-state index contributed by atoms with van der Waals surface area (Å²) >= 11 is 0. The Hall–Kier alpha value is -1.58. The highest BCUT2D eigenvalue weighted by Gasteiger charge is 2.26. The largest absolute Gasteiger partial charge is 0.383 e. The molecule has 2 rings (SSSR count). The monoisotopic (exact) mass is 275 g/mol. The van der Waals surface area contributed by atoms with Crippen LogP contribution in [0.25, 0.3) is 0 Å². The normalized spacial score (nSPS) is 26.1. The van der Waals surface area contributed by atoms with Crippen LogP contribution in [-0.4, -0.2) is 23.5 Å². The van der Waals surface area contributed by atoms with E-state index in [1.54, 1.807) is 18.5 Å². The van der Waals surface area contributed by atoms with E-state index in [1.165, 1.54) is 6.42 Å². The molecule has 20 heavy (non-hydrogen) atoms. The number of nitrogens with one attached hydrogen (secondary N) is 2. The molecule has 1 aliphatic carbocycles. The van der Waals surface area contributed by atoms with Crippen molar-refractivity contribution in [3.05, 3.63) is 24.0 Å². The molecule has 2 N–H and O–H groups in total. The number of aromatic nitrogens is 1. The maximum Gasteiger partial charge on any atom is 0.253 e. The lowest BCUT2D eigenvalue weighted by Gasteiger charge is -2.32. The van der Waals surface area contributed by atoms with Gasteiger partial charge < -0.3 is 10.6 Å². The van der Waals surface area contributed by atoms with Crippen molar-refractivity contribution < 1.29 is 4.79 Å². The van der Waals surface area contributed by atoms with Crippen LogP contribution in [0.5, 0.6) is 0 Å². The van der Waals surface area contributed by atoms with Crippen molar-refractivity contribution in [2.45, 2.75) is 46.1 Å².